The van der Waals surface area contributed by atoms with Gasteiger partial charge in [-0.05, 0) is 50.6 Å². The van der Waals surface area contributed by atoms with Gasteiger partial charge in [-0.25, -0.2) is 0 Å². The zero-order valence-corrected chi connectivity index (χ0v) is 12.8. The Kier molecular flexibility index (Phi) is 4.71. The number of nitrogens with zero attached hydrogens (tertiary/aromatic N) is 1. The SMILES string of the molecule is CC1CCCCC1N(C)CC1NCCCC1(C)C. The molecule has 1 aliphatic heterocycles. The van der Waals surface area contributed by atoms with E-state index in [2.05, 4.69) is 38.0 Å². The first-order valence-electron chi connectivity index (χ1n) is 7.94. The Bertz CT molecular complexity index is 262. The molecule has 1 aliphatic carbocycles. The van der Waals surface area contributed by atoms with Gasteiger partial charge in [0.1, 0.15) is 0 Å². The average molecular weight is 252 g/mol. The normalized spacial score (nSPS) is 36.8. The van der Waals surface area contributed by atoms with Gasteiger partial charge < -0.3 is 10.2 Å². The van der Waals surface area contributed by atoms with Crippen molar-refractivity contribution in [1.82, 2.24) is 10.2 Å². The Morgan fingerprint density at radius 2 is 1.89 bits per heavy atom. The van der Waals surface area contributed by atoms with Crippen LogP contribution in [0.5, 0.6) is 0 Å². The van der Waals surface area contributed by atoms with Crippen LogP contribution in [0.1, 0.15) is 59.3 Å². The van der Waals surface area contributed by atoms with Gasteiger partial charge in [-0.2, -0.15) is 0 Å². The summed E-state index contributed by atoms with van der Waals surface area (Å²) < 4.78 is 0. The molecule has 2 rings (SSSR count). The highest BCUT2D eigenvalue weighted by atomic mass is 15.2. The van der Waals surface area contributed by atoms with Crippen LogP contribution in [0.15, 0.2) is 0 Å². The topological polar surface area (TPSA) is 15.3 Å². The summed E-state index contributed by atoms with van der Waals surface area (Å²) in [7, 11) is 2.35. The molecule has 2 fully saturated rings. The van der Waals surface area contributed by atoms with E-state index in [1.165, 1.54) is 51.6 Å². The second-order valence-electron chi connectivity index (χ2n) is 7.37. The van der Waals surface area contributed by atoms with Crippen LogP contribution in [0.2, 0.25) is 0 Å². The molecule has 0 bridgehead atoms. The maximum absolute atomic E-state index is 3.75. The van der Waals surface area contributed by atoms with Crippen LogP contribution < -0.4 is 5.32 Å². The lowest BCUT2D eigenvalue weighted by atomic mass is 9.76. The van der Waals surface area contributed by atoms with E-state index >= 15 is 0 Å². The van der Waals surface area contributed by atoms with Crippen LogP contribution in [-0.2, 0) is 0 Å². The molecule has 0 spiro atoms. The first-order valence-corrected chi connectivity index (χ1v) is 7.94. The minimum Gasteiger partial charge on any atom is -0.312 e. The van der Waals surface area contributed by atoms with Crippen LogP contribution in [0.25, 0.3) is 0 Å². The minimum absolute atomic E-state index is 0.463. The van der Waals surface area contributed by atoms with Gasteiger partial charge in [0.2, 0.25) is 0 Å². The summed E-state index contributed by atoms with van der Waals surface area (Å²) in [5, 5.41) is 3.75. The Hall–Kier alpha value is -0.0800. The van der Waals surface area contributed by atoms with Gasteiger partial charge in [-0.1, -0.05) is 33.6 Å². The third kappa shape index (κ3) is 3.27. The first-order chi connectivity index (χ1) is 8.50. The molecule has 3 unspecified atom stereocenters. The largest absolute Gasteiger partial charge is 0.312 e. The van der Waals surface area contributed by atoms with E-state index in [0.29, 0.717) is 11.5 Å². The fourth-order valence-electron chi connectivity index (χ4n) is 3.96. The van der Waals surface area contributed by atoms with E-state index < -0.39 is 0 Å². The number of rotatable bonds is 3. The predicted octanol–water partition coefficient (Wildman–Crippen LogP) is 3.28. The quantitative estimate of drug-likeness (QED) is 0.829. The van der Waals surface area contributed by atoms with E-state index in [1.54, 1.807) is 0 Å². The van der Waals surface area contributed by atoms with E-state index in [9.17, 15) is 0 Å². The van der Waals surface area contributed by atoms with Gasteiger partial charge in [0.15, 0.2) is 0 Å². The van der Waals surface area contributed by atoms with E-state index in [-0.39, 0.29) is 0 Å². The molecule has 1 saturated heterocycles. The highest BCUT2D eigenvalue weighted by Crippen LogP contribution is 2.32. The zero-order valence-electron chi connectivity index (χ0n) is 12.8. The number of hydrogen-bond donors (Lipinski definition) is 1. The van der Waals surface area contributed by atoms with Crippen LogP contribution in [0, 0.1) is 11.3 Å². The monoisotopic (exact) mass is 252 g/mol. The molecule has 0 aromatic rings. The molecule has 0 aromatic heterocycles. The van der Waals surface area contributed by atoms with Crippen LogP contribution in [0.3, 0.4) is 0 Å². The fourth-order valence-corrected chi connectivity index (χ4v) is 3.96. The van der Waals surface area contributed by atoms with Gasteiger partial charge in [0.25, 0.3) is 0 Å². The Labute approximate surface area is 114 Å². The lowest BCUT2D eigenvalue weighted by Crippen LogP contribution is -2.54. The van der Waals surface area contributed by atoms with Gasteiger partial charge in [0, 0.05) is 18.6 Å². The maximum Gasteiger partial charge on any atom is 0.0246 e. The molecule has 1 saturated carbocycles. The number of nitrogens with one attached hydrogen (secondary N) is 1. The van der Waals surface area contributed by atoms with Crippen molar-refractivity contribution in [2.45, 2.75) is 71.4 Å². The van der Waals surface area contributed by atoms with Crippen molar-refractivity contribution in [3.63, 3.8) is 0 Å². The van der Waals surface area contributed by atoms with Crippen molar-refractivity contribution in [1.29, 1.82) is 0 Å². The molecule has 2 heteroatoms. The first kappa shape index (κ1) is 14.3. The van der Waals surface area contributed by atoms with Crippen LogP contribution >= 0.6 is 0 Å². The molecule has 0 radical (unpaired) electrons. The highest BCUT2D eigenvalue weighted by molar-refractivity contribution is 4.91. The molecule has 3 atom stereocenters. The van der Waals surface area contributed by atoms with Crippen molar-refractivity contribution < 1.29 is 0 Å². The average Bonchev–Trinajstić information content (AvgIpc) is 2.32. The molecule has 1 heterocycles. The van der Waals surface area contributed by atoms with Crippen molar-refractivity contribution in [3.05, 3.63) is 0 Å². The number of piperidine rings is 1. The smallest absolute Gasteiger partial charge is 0.0246 e. The van der Waals surface area contributed by atoms with Gasteiger partial charge in [-0.3, -0.25) is 0 Å². The van der Waals surface area contributed by atoms with Crippen molar-refractivity contribution in [2.75, 3.05) is 20.1 Å². The summed E-state index contributed by atoms with van der Waals surface area (Å²) in [5.41, 5.74) is 0.463. The molecular weight excluding hydrogens is 220 g/mol. The Morgan fingerprint density at radius 3 is 2.56 bits per heavy atom. The van der Waals surface area contributed by atoms with Crippen LogP contribution in [-0.4, -0.2) is 37.1 Å². The van der Waals surface area contributed by atoms with E-state index in [4.69, 9.17) is 0 Å². The Balaban J connectivity index is 1.91. The highest BCUT2D eigenvalue weighted by Gasteiger charge is 2.34. The molecule has 1 N–H and O–H groups in total. The summed E-state index contributed by atoms with van der Waals surface area (Å²) in [5.74, 6) is 0.885. The summed E-state index contributed by atoms with van der Waals surface area (Å²) in [6, 6.07) is 1.49. The summed E-state index contributed by atoms with van der Waals surface area (Å²) in [6.45, 7) is 9.74. The molecule has 106 valence electrons. The number of hydrogen-bond acceptors (Lipinski definition) is 2. The lowest BCUT2D eigenvalue weighted by Gasteiger charge is -2.44. The second kappa shape index (κ2) is 5.92. The second-order valence-corrected chi connectivity index (χ2v) is 7.37. The lowest BCUT2D eigenvalue weighted by molar-refractivity contribution is 0.0834. The summed E-state index contributed by atoms with van der Waals surface area (Å²) >= 11 is 0. The van der Waals surface area contributed by atoms with Gasteiger partial charge in [-0.15, -0.1) is 0 Å². The predicted molar refractivity (Wildman–Crippen MR) is 78.9 cm³/mol. The third-order valence-electron chi connectivity index (χ3n) is 5.43. The number of likely N-dealkylation sites (N-methyl/N-ethyl adjacent to an activating group) is 1. The third-order valence-corrected chi connectivity index (χ3v) is 5.43. The van der Waals surface area contributed by atoms with E-state index in [0.717, 1.165) is 12.0 Å². The Morgan fingerprint density at radius 1 is 1.17 bits per heavy atom. The summed E-state index contributed by atoms with van der Waals surface area (Å²) in [6.07, 6.45) is 8.42. The summed E-state index contributed by atoms with van der Waals surface area (Å²) in [4.78, 5) is 2.65. The van der Waals surface area contributed by atoms with Gasteiger partial charge >= 0.3 is 0 Å². The van der Waals surface area contributed by atoms with Crippen molar-refractivity contribution in [2.24, 2.45) is 11.3 Å². The van der Waals surface area contributed by atoms with Crippen molar-refractivity contribution >= 4 is 0 Å². The molecule has 2 aliphatic rings. The molecule has 2 nitrogen and oxygen atoms in total. The van der Waals surface area contributed by atoms with Crippen LogP contribution in [0.4, 0.5) is 0 Å². The van der Waals surface area contributed by atoms with Gasteiger partial charge in [0.05, 0.1) is 0 Å². The fraction of sp³-hybridized carbons (Fsp3) is 1.00. The van der Waals surface area contributed by atoms with E-state index in [1.807, 2.05) is 0 Å². The molecule has 0 amide bonds. The maximum atomic E-state index is 3.75. The molecular formula is C16H32N2. The standard InChI is InChI=1S/C16H32N2/c1-13-8-5-6-9-14(13)18(4)12-15-16(2,3)10-7-11-17-15/h13-15,17H,5-12H2,1-4H3. The van der Waals surface area contributed by atoms with Crippen molar-refractivity contribution in [3.8, 4) is 0 Å². The molecule has 18 heavy (non-hydrogen) atoms. The molecule has 0 aromatic carbocycles. The zero-order chi connectivity index (χ0) is 13.2. The minimum atomic E-state index is 0.463.